The molecule has 5 heteroatoms. The average Bonchev–Trinajstić information content (AvgIpc) is 2.40. The maximum atomic E-state index is 11.8. The Morgan fingerprint density at radius 3 is 2.94 bits per heavy atom. The van der Waals surface area contributed by atoms with Crippen LogP contribution in [0, 0.1) is 0 Å². The highest BCUT2D eigenvalue weighted by molar-refractivity contribution is 6.31. The fourth-order valence-corrected chi connectivity index (χ4v) is 1.64. The van der Waals surface area contributed by atoms with Gasteiger partial charge in [-0.3, -0.25) is 9.78 Å². The van der Waals surface area contributed by atoms with Crippen molar-refractivity contribution in [2.45, 2.75) is 6.54 Å². The third-order valence-electron chi connectivity index (χ3n) is 2.38. The van der Waals surface area contributed by atoms with E-state index in [9.17, 15) is 9.90 Å². The molecule has 92 valence electrons. The number of nitrogens with one attached hydrogen (secondary N) is 1. The van der Waals surface area contributed by atoms with Gasteiger partial charge in [0.25, 0.3) is 5.91 Å². The molecule has 0 bridgehead atoms. The number of hydrogen-bond donors (Lipinski definition) is 2. The van der Waals surface area contributed by atoms with Gasteiger partial charge in [-0.15, -0.1) is 0 Å². The van der Waals surface area contributed by atoms with Gasteiger partial charge >= 0.3 is 0 Å². The fourth-order valence-electron chi connectivity index (χ4n) is 1.47. The minimum absolute atomic E-state index is 0.0944. The van der Waals surface area contributed by atoms with Gasteiger partial charge in [-0.2, -0.15) is 0 Å². The number of rotatable bonds is 3. The summed E-state index contributed by atoms with van der Waals surface area (Å²) in [5.41, 5.74) is 1.04. The summed E-state index contributed by atoms with van der Waals surface area (Å²) < 4.78 is 0. The maximum absolute atomic E-state index is 11.8. The van der Waals surface area contributed by atoms with Crippen LogP contribution in [0.4, 0.5) is 0 Å². The van der Waals surface area contributed by atoms with E-state index in [2.05, 4.69) is 10.3 Å². The lowest BCUT2D eigenvalue weighted by atomic mass is 10.2. The van der Waals surface area contributed by atoms with E-state index >= 15 is 0 Å². The summed E-state index contributed by atoms with van der Waals surface area (Å²) >= 11 is 5.78. The van der Waals surface area contributed by atoms with Crippen molar-refractivity contribution in [1.82, 2.24) is 10.3 Å². The van der Waals surface area contributed by atoms with Gasteiger partial charge < -0.3 is 10.4 Å². The molecule has 1 amide bonds. The zero-order valence-electron chi connectivity index (χ0n) is 9.43. The highest BCUT2D eigenvalue weighted by Gasteiger charge is 2.11. The van der Waals surface area contributed by atoms with E-state index < -0.39 is 0 Å². The van der Waals surface area contributed by atoms with Crippen molar-refractivity contribution in [2.24, 2.45) is 0 Å². The molecule has 2 N–H and O–H groups in total. The zero-order chi connectivity index (χ0) is 13.0. The second-order valence-corrected chi connectivity index (χ2v) is 4.14. The number of phenols is 1. The minimum atomic E-state index is -0.376. The van der Waals surface area contributed by atoms with E-state index in [-0.39, 0.29) is 17.2 Å². The zero-order valence-corrected chi connectivity index (χ0v) is 10.2. The van der Waals surface area contributed by atoms with E-state index in [0.29, 0.717) is 11.6 Å². The van der Waals surface area contributed by atoms with E-state index in [4.69, 9.17) is 11.6 Å². The Morgan fingerprint density at radius 2 is 2.22 bits per heavy atom. The van der Waals surface area contributed by atoms with Crippen molar-refractivity contribution >= 4 is 17.5 Å². The molecular formula is C13H11ClN2O2. The molecule has 0 radical (unpaired) electrons. The molecule has 0 aliphatic rings. The Kier molecular flexibility index (Phi) is 3.79. The normalized spacial score (nSPS) is 10.1. The number of aromatic hydroxyl groups is 1. The lowest BCUT2D eigenvalue weighted by molar-refractivity contribution is 0.0948. The number of aromatic nitrogens is 1. The first-order valence-electron chi connectivity index (χ1n) is 5.32. The Morgan fingerprint density at radius 1 is 1.39 bits per heavy atom. The minimum Gasteiger partial charge on any atom is -0.507 e. The molecule has 0 atom stereocenters. The van der Waals surface area contributed by atoms with Crippen LogP contribution in [0.5, 0.6) is 5.75 Å². The second-order valence-electron chi connectivity index (χ2n) is 3.71. The predicted octanol–water partition coefficient (Wildman–Crippen LogP) is 2.37. The fraction of sp³-hybridized carbons (Fsp3) is 0.0769. The summed E-state index contributed by atoms with van der Waals surface area (Å²) in [6.07, 6.45) is 3.33. The Bertz CT molecular complexity index is 558. The number of benzene rings is 1. The quantitative estimate of drug-likeness (QED) is 0.893. The van der Waals surface area contributed by atoms with Crippen LogP contribution in [0.3, 0.4) is 0 Å². The largest absolute Gasteiger partial charge is 0.507 e. The molecular weight excluding hydrogens is 252 g/mol. The van der Waals surface area contributed by atoms with Crippen LogP contribution >= 0.6 is 11.6 Å². The van der Waals surface area contributed by atoms with E-state index in [0.717, 1.165) is 5.56 Å². The number of carbonyl (C=O) groups excluding carboxylic acids is 1. The molecule has 1 aromatic carbocycles. The maximum Gasteiger partial charge on any atom is 0.255 e. The predicted molar refractivity (Wildman–Crippen MR) is 68.5 cm³/mol. The second kappa shape index (κ2) is 5.51. The topological polar surface area (TPSA) is 62.2 Å². The standard InChI is InChI=1S/C13H11ClN2O2/c14-10-3-4-12(17)11(6-10)13(18)16-8-9-2-1-5-15-7-9/h1-7,17H,8H2,(H,16,18). The van der Waals surface area contributed by atoms with Gasteiger partial charge in [-0.05, 0) is 29.8 Å². The van der Waals surface area contributed by atoms with Crippen molar-refractivity contribution in [1.29, 1.82) is 0 Å². The van der Waals surface area contributed by atoms with Gasteiger partial charge in [0.15, 0.2) is 0 Å². The molecule has 18 heavy (non-hydrogen) atoms. The monoisotopic (exact) mass is 262 g/mol. The first kappa shape index (κ1) is 12.4. The van der Waals surface area contributed by atoms with Gasteiger partial charge in [0.2, 0.25) is 0 Å². The van der Waals surface area contributed by atoms with E-state index in [1.165, 1.54) is 18.2 Å². The molecule has 2 rings (SSSR count). The van der Waals surface area contributed by atoms with Crippen molar-refractivity contribution < 1.29 is 9.90 Å². The van der Waals surface area contributed by atoms with Crippen LogP contribution in [0.25, 0.3) is 0 Å². The number of phenolic OH excluding ortho intramolecular Hbond substituents is 1. The summed E-state index contributed by atoms with van der Waals surface area (Å²) in [6, 6.07) is 7.98. The lowest BCUT2D eigenvalue weighted by Crippen LogP contribution is -2.22. The van der Waals surface area contributed by atoms with Crippen LogP contribution in [0.2, 0.25) is 5.02 Å². The molecule has 2 aromatic rings. The first-order chi connectivity index (χ1) is 8.66. The first-order valence-corrected chi connectivity index (χ1v) is 5.70. The number of pyridine rings is 1. The van der Waals surface area contributed by atoms with Crippen LogP contribution in [0.1, 0.15) is 15.9 Å². The van der Waals surface area contributed by atoms with Crippen LogP contribution in [-0.4, -0.2) is 16.0 Å². The number of halogens is 1. The third-order valence-corrected chi connectivity index (χ3v) is 2.61. The Labute approximate surface area is 109 Å². The average molecular weight is 263 g/mol. The smallest absolute Gasteiger partial charge is 0.255 e. The van der Waals surface area contributed by atoms with Crippen LogP contribution in [0.15, 0.2) is 42.7 Å². The molecule has 1 heterocycles. The van der Waals surface area contributed by atoms with Gasteiger partial charge in [0, 0.05) is 24.0 Å². The third kappa shape index (κ3) is 2.99. The summed E-state index contributed by atoms with van der Waals surface area (Å²) in [5, 5.41) is 12.7. The van der Waals surface area contributed by atoms with Crippen molar-refractivity contribution in [3.8, 4) is 5.75 Å². The highest BCUT2D eigenvalue weighted by atomic mass is 35.5. The Balaban J connectivity index is 2.06. The molecule has 4 nitrogen and oxygen atoms in total. The highest BCUT2D eigenvalue weighted by Crippen LogP contribution is 2.21. The van der Waals surface area contributed by atoms with E-state index in [1.807, 2.05) is 6.07 Å². The molecule has 0 spiro atoms. The molecule has 0 aliphatic carbocycles. The number of amides is 1. The van der Waals surface area contributed by atoms with Crippen molar-refractivity contribution in [2.75, 3.05) is 0 Å². The van der Waals surface area contributed by atoms with Crippen LogP contribution in [-0.2, 0) is 6.54 Å². The van der Waals surface area contributed by atoms with Gasteiger partial charge in [0.1, 0.15) is 5.75 Å². The summed E-state index contributed by atoms with van der Waals surface area (Å²) in [4.78, 5) is 15.8. The number of hydrogen-bond acceptors (Lipinski definition) is 3. The van der Waals surface area contributed by atoms with Crippen molar-refractivity contribution in [3.05, 3.63) is 58.9 Å². The SMILES string of the molecule is O=C(NCc1cccnc1)c1cc(Cl)ccc1O. The molecule has 0 saturated carbocycles. The van der Waals surface area contributed by atoms with Crippen molar-refractivity contribution in [3.63, 3.8) is 0 Å². The summed E-state index contributed by atoms with van der Waals surface area (Å²) in [7, 11) is 0. The molecule has 0 unspecified atom stereocenters. The van der Waals surface area contributed by atoms with Gasteiger partial charge in [-0.25, -0.2) is 0 Å². The van der Waals surface area contributed by atoms with Crippen LogP contribution < -0.4 is 5.32 Å². The van der Waals surface area contributed by atoms with E-state index in [1.54, 1.807) is 18.5 Å². The lowest BCUT2D eigenvalue weighted by Gasteiger charge is -2.07. The summed E-state index contributed by atoms with van der Waals surface area (Å²) in [6.45, 7) is 0.346. The molecule has 0 fully saturated rings. The Hall–Kier alpha value is -2.07. The number of nitrogens with zero attached hydrogens (tertiary/aromatic N) is 1. The summed E-state index contributed by atoms with van der Waals surface area (Å²) in [5.74, 6) is -0.470. The number of carbonyl (C=O) groups is 1. The molecule has 1 aromatic heterocycles. The van der Waals surface area contributed by atoms with Gasteiger partial charge in [-0.1, -0.05) is 17.7 Å². The molecule has 0 aliphatic heterocycles. The van der Waals surface area contributed by atoms with Gasteiger partial charge in [0.05, 0.1) is 5.56 Å². The molecule has 0 saturated heterocycles.